The molecular weight excluding hydrogens is 197 g/mol. The van der Waals surface area contributed by atoms with E-state index in [1.54, 1.807) is 0 Å². The Bertz CT molecular complexity index is 324. The molecular formula is C11H14FNO2. The van der Waals surface area contributed by atoms with Gasteiger partial charge in [0, 0.05) is 12.2 Å². The van der Waals surface area contributed by atoms with Crippen molar-refractivity contribution in [2.75, 3.05) is 11.9 Å². The number of carboxylic acid groups (broad SMARTS) is 1. The van der Waals surface area contributed by atoms with Crippen molar-refractivity contribution in [3.8, 4) is 0 Å². The van der Waals surface area contributed by atoms with Gasteiger partial charge in [0.1, 0.15) is 6.17 Å². The molecule has 3 nitrogen and oxygen atoms in total. The van der Waals surface area contributed by atoms with Crippen molar-refractivity contribution in [3.63, 3.8) is 0 Å². The van der Waals surface area contributed by atoms with Crippen LogP contribution in [0.2, 0.25) is 0 Å². The highest BCUT2D eigenvalue weighted by atomic mass is 19.1. The van der Waals surface area contributed by atoms with Gasteiger partial charge in [-0.15, -0.1) is 0 Å². The van der Waals surface area contributed by atoms with Crippen LogP contribution in [0, 0.1) is 6.92 Å². The van der Waals surface area contributed by atoms with E-state index in [-0.39, 0.29) is 6.54 Å². The number of aryl methyl sites for hydroxylation is 1. The molecule has 1 unspecified atom stereocenters. The molecule has 0 radical (unpaired) electrons. The summed E-state index contributed by atoms with van der Waals surface area (Å²) in [5.41, 5.74) is 1.93. The smallest absolute Gasteiger partial charge is 0.306 e. The number of nitrogens with one attached hydrogen (secondary N) is 1. The summed E-state index contributed by atoms with van der Waals surface area (Å²) in [5.74, 6) is -1.12. The lowest BCUT2D eigenvalue weighted by atomic mass is 10.2. The van der Waals surface area contributed by atoms with Crippen molar-refractivity contribution >= 4 is 11.7 Å². The van der Waals surface area contributed by atoms with Crippen LogP contribution < -0.4 is 5.32 Å². The number of rotatable bonds is 5. The summed E-state index contributed by atoms with van der Waals surface area (Å²) in [5, 5.41) is 11.2. The first-order chi connectivity index (χ1) is 7.08. The molecule has 0 aliphatic carbocycles. The van der Waals surface area contributed by atoms with Crippen LogP contribution in [0.5, 0.6) is 0 Å². The molecule has 0 bridgehead atoms. The molecule has 0 saturated carbocycles. The van der Waals surface area contributed by atoms with E-state index in [2.05, 4.69) is 5.32 Å². The van der Waals surface area contributed by atoms with Crippen LogP contribution in [-0.4, -0.2) is 23.8 Å². The Kier molecular flexibility index (Phi) is 4.09. The fourth-order valence-corrected chi connectivity index (χ4v) is 1.16. The van der Waals surface area contributed by atoms with Gasteiger partial charge in [-0.05, 0) is 19.1 Å². The maximum atomic E-state index is 13.0. The molecule has 4 heteroatoms. The van der Waals surface area contributed by atoms with E-state index in [0.29, 0.717) is 0 Å². The molecule has 0 spiro atoms. The van der Waals surface area contributed by atoms with Crippen LogP contribution in [0.3, 0.4) is 0 Å². The molecule has 1 rings (SSSR count). The van der Waals surface area contributed by atoms with E-state index in [4.69, 9.17) is 5.11 Å². The van der Waals surface area contributed by atoms with Crippen molar-refractivity contribution in [2.45, 2.75) is 19.5 Å². The Morgan fingerprint density at radius 1 is 1.47 bits per heavy atom. The van der Waals surface area contributed by atoms with Gasteiger partial charge in [0.05, 0.1) is 6.42 Å². The lowest BCUT2D eigenvalue weighted by Gasteiger charge is -2.08. The molecule has 1 atom stereocenters. The normalized spacial score (nSPS) is 12.1. The predicted octanol–water partition coefficient (Wildman–Crippen LogP) is 2.22. The first kappa shape index (κ1) is 11.5. The van der Waals surface area contributed by atoms with Gasteiger partial charge in [0.2, 0.25) is 0 Å². The van der Waals surface area contributed by atoms with Gasteiger partial charge in [-0.25, -0.2) is 4.39 Å². The number of aliphatic carboxylic acids is 1. The van der Waals surface area contributed by atoms with E-state index in [1.807, 2.05) is 31.2 Å². The highest BCUT2D eigenvalue weighted by molar-refractivity contribution is 5.67. The van der Waals surface area contributed by atoms with Gasteiger partial charge in [0.25, 0.3) is 0 Å². The lowest BCUT2D eigenvalue weighted by Crippen LogP contribution is -2.18. The number of benzene rings is 1. The second-order valence-electron chi connectivity index (χ2n) is 3.44. The Hall–Kier alpha value is -1.58. The quantitative estimate of drug-likeness (QED) is 0.785. The zero-order chi connectivity index (χ0) is 11.3. The maximum absolute atomic E-state index is 13.0. The Balaban J connectivity index is 2.36. The van der Waals surface area contributed by atoms with Crippen molar-refractivity contribution in [1.29, 1.82) is 0 Å². The van der Waals surface area contributed by atoms with Crippen molar-refractivity contribution in [2.24, 2.45) is 0 Å². The summed E-state index contributed by atoms with van der Waals surface area (Å²) >= 11 is 0. The average molecular weight is 211 g/mol. The molecule has 0 aliphatic heterocycles. The minimum Gasteiger partial charge on any atom is -0.481 e. The van der Waals surface area contributed by atoms with E-state index in [1.165, 1.54) is 0 Å². The van der Waals surface area contributed by atoms with E-state index < -0.39 is 18.6 Å². The Labute approximate surface area is 87.9 Å². The van der Waals surface area contributed by atoms with Crippen molar-refractivity contribution in [3.05, 3.63) is 29.8 Å². The molecule has 15 heavy (non-hydrogen) atoms. The summed E-state index contributed by atoms with van der Waals surface area (Å²) in [6, 6.07) is 7.49. The number of halogens is 1. The molecule has 0 fully saturated rings. The molecule has 0 amide bonds. The van der Waals surface area contributed by atoms with Crippen LogP contribution in [0.1, 0.15) is 12.0 Å². The third-order valence-corrected chi connectivity index (χ3v) is 1.98. The molecule has 1 aromatic rings. The Morgan fingerprint density at radius 2 is 2.07 bits per heavy atom. The zero-order valence-electron chi connectivity index (χ0n) is 8.53. The van der Waals surface area contributed by atoms with E-state index in [9.17, 15) is 9.18 Å². The topological polar surface area (TPSA) is 49.3 Å². The van der Waals surface area contributed by atoms with E-state index >= 15 is 0 Å². The fourth-order valence-electron chi connectivity index (χ4n) is 1.16. The first-order valence-electron chi connectivity index (χ1n) is 4.74. The molecule has 0 aliphatic rings. The molecule has 0 aromatic heterocycles. The van der Waals surface area contributed by atoms with Gasteiger partial charge in [-0.3, -0.25) is 4.79 Å². The van der Waals surface area contributed by atoms with Gasteiger partial charge in [-0.2, -0.15) is 0 Å². The summed E-state index contributed by atoms with van der Waals surface area (Å²) < 4.78 is 13.0. The number of anilines is 1. The fraction of sp³-hybridized carbons (Fsp3) is 0.364. The first-order valence-corrected chi connectivity index (χ1v) is 4.74. The van der Waals surface area contributed by atoms with Crippen molar-refractivity contribution < 1.29 is 14.3 Å². The van der Waals surface area contributed by atoms with Gasteiger partial charge in [0.15, 0.2) is 0 Å². The number of hydrogen-bond donors (Lipinski definition) is 2. The van der Waals surface area contributed by atoms with Crippen LogP contribution in [-0.2, 0) is 4.79 Å². The number of carbonyl (C=O) groups is 1. The zero-order valence-corrected chi connectivity index (χ0v) is 8.53. The highest BCUT2D eigenvalue weighted by Gasteiger charge is 2.10. The summed E-state index contributed by atoms with van der Waals surface area (Å²) in [6.45, 7) is 1.99. The minimum atomic E-state index is -1.36. The second kappa shape index (κ2) is 5.34. The maximum Gasteiger partial charge on any atom is 0.306 e. The van der Waals surface area contributed by atoms with Gasteiger partial charge in [-0.1, -0.05) is 17.7 Å². The van der Waals surface area contributed by atoms with Crippen LogP contribution in [0.15, 0.2) is 24.3 Å². The van der Waals surface area contributed by atoms with Gasteiger partial charge < -0.3 is 10.4 Å². The third kappa shape index (κ3) is 4.44. The largest absolute Gasteiger partial charge is 0.481 e. The van der Waals surface area contributed by atoms with Gasteiger partial charge >= 0.3 is 5.97 Å². The van der Waals surface area contributed by atoms with Crippen molar-refractivity contribution in [1.82, 2.24) is 0 Å². The Morgan fingerprint density at radius 3 is 2.60 bits per heavy atom. The molecule has 0 saturated heterocycles. The molecule has 0 heterocycles. The molecule has 1 aromatic carbocycles. The average Bonchev–Trinajstić information content (AvgIpc) is 2.16. The molecule has 2 N–H and O–H groups in total. The monoisotopic (exact) mass is 211 g/mol. The second-order valence-corrected chi connectivity index (χ2v) is 3.44. The van der Waals surface area contributed by atoms with E-state index in [0.717, 1.165) is 11.3 Å². The summed E-state index contributed by atoms with van der Waals surface area (Å²) in [7, 11) is 0. The summed E-state index contributed by atoms with van der Waals surface area (Å²) in [6.07, 6.45) is -1.82. The predicted molar refractivity (Wildman–Crippen MR) is 56.8 cm³/mol. The summed E-state index contributed by atoms with van der Waals surface area (Å²) in [4.78, 5) is 10.2. The SMILES string of the molecule is Cc1ccc(NCC(F)CC(=O)O)cc1. The number of carboxylic acids is 1. The number of alkyl halides is 1. The standard InChI is InChI=1S/C11H14FNO2/c1-8-2-4-10(5-3-8)13-7-9(12)6-11(14)15/h2-5,9,13H,6-7H2,1H3,(H,14,15). The highest BCUT2D eigenvalue weighted by Crippen LogP contribution is 2.09. The van der Waals surface area contributed by atoms with Crippen LogP contribution in [0.25, 0.3) is 0 Å². The van der Waals surface area contributed by atoms with Crippen LogP contribution in [0.4, 0.5) is 10.1 Å². The molecule has 82 valence electrons. The minimum absolute atomic E-state index is 0.0232. The lowest BCUT2D eigenvalue weighted by molar-refractivity contribution is -0.138. The number of hydrogen-bond acceptors (Lipinski definition) is 2. The van der Waals surface area contributed by atoms with Crippen LogP contribution >= 0.6 is 0 Å². The third-order valence-electron chi connectivity index (χ3n) is 1.98.